The molecular weight excluding hydrogens is 220 g/mol. The molecule has 1 saturated carbocycles. The van der Waals surface area contributed by atoms with Crippen molar-refractivity contribution in [3.8, 4) is 0 Å². The van der Waals surface area contributed by atoms with E-state index >= 15 is 0 Å². The van der Waals surface area contributed by atoms with Gasteiger partial charge < -0.3 is 5.32 Å². The Kier molecular flexibility index (Phi) is 4.76. The lowest BCUT2D eigenvalue weighted by Gasteiger charge is -2.37. The molecule has 0 saturated heterocycles. The van der Waals surface area contributed by atoms with Crippen LogP contribution in [-0.2, 0) is 0 Å². The maximum atomic E-state index is 4.21. The van der Waals surface area contributed by atoms with Gasteiger partial charge in [-0.3, -0.25) is 4.98 Å². The monoisotopic (exact) mass is 246 g/mol. The molecule has 2 rings (SSSR count). The molecule has 0 spiro atoms. The summed E-state index contributed by atoms with van der Waals surface area (Å²) in [5, 5.41) is 3.83. The van der Waals surface area contributed by atoms with E-state index in [-0.39, 0.29) is 0 Å². The Balaban J connectivity index is 1.99. The van der Waals surface area contributed by atoms with Gasteiger partial charge in [0, 0.05) is 24.5 Å². The van der Waals surface area contributed by atoms with Gasteiger partial charge in [-0.25, -0.2) is 0 Å². The van der Waals surface area contributed by atoms with E-state index in [1.807, 2.05) is 18.5 Å². The minimum Gasteiger partial charge on any atom is -0.307 e. The van der Waals surface area contributed by atoms with E-state index in [0.29, 0.717) is 12.1 Å². The summed E-state index contributed by atoms with van der Waals surface area (Å²) in [5.41, 5.74) is 1.30. The fourth-order valence-corrected chi connectivity index (χ4v) is 3.21. The van der Waals surface area contributed by atoms with Crippen LogP contribution in [0, 0.1) is 11.8 Å². The highest BCUT2D eigenvalue weighted by Gasteiger charge is 2.28. The number of nitrogens with one attached hydrogen (secondary N) is 1. The topological polar surface area (TPSA) is 24.9 Å². The summed E-state index contributed by atoms with van der Waals surface area (Å²) < 4.78 is 0. The second-order valence-corrected chi connectivity index (χ2v) is 5.97. The third-order valence-electron chi connectivity index (χ3n) is 4.32. The zero-order valence-corrected chi connectivity index (χ0v) is 11.9. The molecule has 100 valence electrons. The molecule has 3 atom stereocenters. The van der Waals surface area contributed by atoms with Crippen molar-refractivity contribution in [2.45, 2.75) is 58.5 Å². The van der Waals surface area contributed by atoms with Crippen LogP contribution < -0.4 is 5.32 Å². The molecule has 2 unspecified atom stereocenters. The number of hydrogen-bond acceptors (Lipinski definition) is 2. The Labute approximate surface area is 111 Å². The van der Waals surface area contributed by atoms with Gasteiger partial charge >= 0.3 is 0 Å². The Hall–Kier alpha value is -0.890. The Bertz CT molecular complexity index is 347. The van der Waals surface area contributed by atoms with Crippen molar-refractivity contribution in [2.24, 2.45) is 11.8 Å². The van der Waals surface area contributed by atoms with E-state index in [0.717, 1.165) is 11.8 Å². The van der Waals surface area contributed by atoms with Crippen LogP contribution in [0.4, 0.5) is 0 Å². The molecule has 0 amide bonds. The Morgan fingerprint density at radius 3 is 2.67 bits per heavy atom. The summed E-state index contributed by atoms with van der Waals surface area (Å²) >= 11 is 0. The predicted molar refractivity (Wildman–Crippen MR) is 76.4 cm³/mol. The summed E-state index contributed by atoms with van der Waals surface area (Å²) in [4.78, 5) is 4.21. The molecule has 1 N–H and O–H groups in total. The summed E-state index contributed by atoms with van der Waals surface area (Å²) in [7, 11) is 0. The highest BCUT2D eigenvalue weighted by molar-refractivity contribution is 5.13. The molecule has 2 nitrogen and oxygen atoms in total. The van der Waals surface area contributed by atoms with Gasteiger partial charge in [-0.05, 0) is 43.2 Å². The van der Waals surface area contributed by atoms with Gasteiger partial charge in [0.2, 0.25) is 0 Å². The summed E-state index contributed by atoms with van der Waals surface area (Å²) in [6.07, 6.45) is 9.31. The fraction of sp³-hybridized carbons (Fsp3) is 0.688. The van der Waals surface area contributed by atoms with Crippen LogP contribution in [0.1, 0.15) is 58.1 Å². The van der Waals surface area contributed by atoms with Crippen molar-refractivity contribution in [2.75, 3.05) is 0 Å². The first-order valence-corrected chi connectivity index (χ1v) is 7.34. The maximum absolute atomic E-state index is 4.21. The standard InChI is InChI=1S/C16H26N2/c1-12(2)15-8-4-5-9-16(15)18-13(3)14-7-6-10-17-11-14/h6-7,10-13,15-16,18H,4-5,8-9H2,1-3H3/t13-,15?,16?/m0/s1. The molecule has 1 aromatic heterocycles. The first-order valence-electron chi connectivity index (χ1n) is 7.34. The summed E-state index contributed by atoms with van der Waals surface area (Å²) in [6.45, 7) is 6.97. The minimum absolute atomic E-state index is 0.406. The zero-order chi connectivity index (χ0) is 13.0. The fourth-order valence-electron chi connectivity index (χ4n) is 3.21. The van der Waals surface area contributed by atoms with E-state index in [9.17, 15) is 0 Å². The van der Waals surface area contributed by atoms with E-state index in [2.05, 4.69) is 37.1 Å². The maximum Gasteiger partial charge on any atom is 0.0315 e. The number of pyridine rings is 1. The molecule has 1 fully saturated rings. The van der Waals surface area contributed by atoms with Crippen LogP contribution in [0.25, 0.3) is 0 Å². The lowest BCUT2D eigenvalue weighted by Crippen LogP contribution is -2.42. The second kappa shape index (κ2) is 6.33. The molecule has 2 heteroatoms. The van der Waals surface area contributed by atoms with Crippen molar-refractivity contribution in [1.82, 2.24) is 10.3 Å². The van der Waals surface area contributed by atoms with Crippen molar-refractivity contribution in [3.05, 3.63) is 30.1 Å². The molecule has 0 aliphatic heterocycles. The van der Waals surface area contributed by atoms with E-state index < -0.39 is 0 Å². The Morgan fingerprint density at radius 1 is 1.22 bits per heavy atom. The highest BCUT2D eigenvalue weighted by atomic mass is 15.0. The quantitative estimate of drug-likeness (QED) is 0.870. The van der Waals surface area contributed by atoms with Crippen molar-refractivity contribution >= 4 is 0 Å². The minimum atomic E-state index is 0.406. The van der Waals surface area contributed by atoms with E-state index in [1.165, 1.54) is 31.2 Å². The average molecular weight is 246 g/mol. The first-order chi connectivity index (χ1) is 8.68. The van der Waals surface area contributed by atoms with Crippen molar-refractivity contribution in [1.29, 1.82) is 0 Å². The first kappa shape index (κ1) is 13.5. The predicted octanol–water partition coefficient (Wildman–Crippen LogP) is 3.95. The molecule has 1 aliphatic rings. The molecule has 18 heavy (non-hydrogen) atoms. The number of aromatic nitrogens is 1. The molecule has 1 heterocycles. The normalized spacial score (nSPS) is 26.2. The van der Waals surface area contributed by atoms with Crippen LogP contribution in [0.15, 0.2) is 24.5 Å². The lowest BCUT2D eigenvalue weighted by molar-refractivity contribution is 0.195. The van der Waals surface area contributed by atoms with Gasteiger partial charge in [0.05, 0.1) is 0 Å². The average Bonchev–Trinajstić information content (AvgIpc) is 2.40. The van der Waals surface area contributed by atoms with Crippen molar-refractivity contribution in [3.63, 3.8) is 0 Å². The van der Waals surface area contributed by atoms with Crippen LogP contribution in [0.5, 0.6) is 0 Å². The third-order valence-corrected chi connectivity index (χ3v) is 4.32. The van der Waals surface area contributed by atoms with Gasteiger partial charge in [0.25, 0.3) is 0 Å². The summed E-state index contributed by atoms with van der Waals surface area (Å²) in [6, 6.07) is 5.27. The van der Waals surface area contributed by atoms with Gasteiger partial charge in [-0.15, -0.1) is 0 Å². The molecular formula is C16H26N2. The van der Waals surface area contributed by atoms with E-state index in [4.69, 9.17) is 0 Å². The number of rotatable bonds is 4. The van der Waals surface area contributed by atoms with Gasteiger partial charge in [0.1, 0.15) is 0 Å². The second-order valence-electron chi connectivity index (χ2n) is 5.97. The van der Waals surface area contributed by atoms with Crippen LogP contribution in [0.3, 0.4) is 0 Å². The molecule has 0 bridgehead atoms. The third kappa shape index (κ3) is 3.32. The number of hydrogen-bond donors (Lipinski definition) is 1. The smallest absolute Gasteiger partial charge is 0.0315 e. The van der Waals surface area contributed by atoms with Crippen LogP contribution in [0.2, 0.25) is 0 Å². The summed E-state index contributed by atoms with van der Waals surface area (Å²) in [5.74, 6) is 1.61. The SMILES string of the molecule is CC(C)C1CCCCC1N[C@@H](C)c1cccnc1. The van der Waals surface area contributed by atoms with Gasteiger partial charge in [-0.2, -0.15) is 0 Å². The zero-order valence-electron chi connectivity index (χ0n) is 11.9. The lowest BCUT2D eigenvalue weighted by atomic mass is 9.77. The molecule has 1 aromatic rings. The largest absolute Gasteiger partial charge is 0.307 e. The van der Waals surface area contributed by atoms with Gasteiger partial charge in [0.15, 0.2) is 0 Å². The van der Waals surface area contributed by atoms with Crippen molar-refractivity contribution < 1.29 is 0 Å². The Morgan fingerprint density at radius 2 is 2.00 bits per heavy atom. The number of nitrogens with zero attached hydrogens (tertiary/aromatic N) is 1. The molecule has 0 aromatic carbocycles. The molecule has 1 aliphatic carbocycles. The highest BCUT2D eigenvalue weighted by Crippen LogP contribution is 2.31. The van der Waals surface area contributed by atoms with Crippen LogP contribution in [-0.4, -0.2) is 11.0 Å². The van der Waals surface area contributed by atoms with E-state index in [1.54, 1.807) is 0 Å². The molecule has 0 radical (unpaired) electrons. The van der Waals surface area contributed by atoms with Gasteiger partial charge in [-0.1, -0.05) is 32.8 Å². The van der Waals surface area contributed by atoms with Crippen LogP contribution >= 0.6 is 0 Å².